The number of halogens is 2. The predicted molar refractivity (Wildman–Crippen MR) is 79.1 cm³/mol. The van der Waals surface area contributed by atoms with E-state index in [-0.39, 0.29) is 5.56 Å². The van der Waals surface area contributed by atoms with Crippen LogP contribution in [0.15, 0.2) is 36.4 Å². The van der Waals surface area contributed by atoms with E-state index in [1.807, 2.05) is 0 Å². The van der Waals surface area contributed by atoms with E-state index in [9.17, 15) is 4.79 Å². The Morgan fingerprint density at radius 3 is 2.32 bits per heavy atom. The summed E-state index contributed by atoms with van der Waals surface area (Å²) in [6.45, 7) is 0. The highest BCUT2D eigenvalue weighted by Gasteiger charge is 2.09. The van der Waals surface area contributed by atoms with Crippen molar-refractivity contribution in [3.05, 3.63) is 52.0 Å². The van der Waals surface area contributed by atoms with Gasteiger partial charge in [0.2, 0.25) is 0 Å². The Kier molecular flexibility index (Phi) is 3.83. The molecule has 19 heavy (non-hydrogen) atoms. The average molecular weight is 296 g/mol. The van der Waals surface area contributed by atoms with Gasteiger partial charge in [-0.05, 0) is 30.3 Å². The van der Waals surface area contributed by atoms with Crippen LogP contribution >= 0.6 is 23.2 Å². The molecule has 0 atom stereocenters. The lowest BCUT2D eigenvalue weighted by molar-refractivity contribution is 0.100. The molecule has 2 aromatic rings. The smallest absolute Gasteiger partial charge is 0.250 e. The summed E-state index contributed by atoms with van der Waals surface area (Å²) < 4.78 is 0. The van der Waals surface area contributed by atoms with Crippen LogP contribution in [0.3, 0.4) is 0 Å². The summed E-state index contributed by atoms with van der Waals surface area (Å²) >= 11 is 12.1. The Balaban J connectivity index is 2.39. The first kappa shape index (κ1) is 13.5. The van der Waals surface area contributed by atoms with Crippen LogP contribution in [0, 0.1) is 0 Å². The number of hydrogen-bond acceptors (Lipinski definition) is 3. The van der Waals surface area contributed by atoms with Gasteiger partial charge in [-0.15, -0.1) is 0 Å². The molecule has 5 N–H and O–H groups in total. The maximum absolute atomic E-state index is 11.2. The zero-order chi connectivity index (χ0) is 14.0. The van der Waals surface area contributed by atoms with Gasteiger partial charge in [-0.25, -0.2) is 0 Å². The van der Waals surface area contributed by atoms with Gasteiger partial charge in [0.05, 0.1) is 21.3 Å². The van der Waals surface area contributed by atoms with Crippen molar-refractivity contribution in [1.82, 2.24) is 0 Å². The number of primary amides is 1. The van der Waals surface area contributed by atoms with E-state index < -0.39 is 5.91 Å². The molecule has 0 fully saturated rings. The van der Waals surface area contributed by atoms with Gasteiger partial charge in [0, 0.05) is 11.4 Å². The molecule has 4 nitrogen and oxygen atoms in total. The third kappa shape index (κ3) is 2.92. The Labute approximate surface area is 120 Å². The molecule has 2 aromatic carbocycles. The maximum Gasteiger partial charge on any atom is 0.250 e. The summed E-state index contributed by atoms with van der Waals surface area (Å²) in [5, 5.41) is 3.99. The molecule has 0 aliphatic rings. The molecule has 98 valence electrons. The highest BCUT2D eigenvalue weighted by molar-refractivity contribution is 6.39. The molecule has 0 unspecified atom stereocenters. The van der Waals surface area contributed by atoms with Gasteiger partial charge in [-0.3, -0.25) is 4.79 Å². The van der Waals surface area contributed by atoms with Crippen LogP contribution in [0.2, 0.25) is 10.0 Å². The number of rotatable bonds is 3. The van der Waals surface area contributed by atoms with Crippen LogP contribution in [0.4, 0.5) is 17.1 Å². The molecular formula is C13H11Cl2N3O. The summed E-state index contributed by atoms with van der Waals surface area (Å²) in [4.78, 5) is 11.2. The third-order valence-corrected chi connectivity index (χ3v) is 3.18. The minimum absolute atomic E-state index is 0.244. The van der Waals surface area contributed by atoms with Crippen molar-refractivity contribution >= 4 is 46.2 Å². The lowest BCUT2D eigenvalue weighted by Gasteiger charge is -2.11. The Bertz CT molecular complexity index is 624. The van der Waals surface area contributed by atoms with E-state index >= 15 is 0 Å². The molecule has 2 rings (SSSR count). The molecule has 0 saturated carbocycles. The highest BCUT2D eigenvalue weighted by atomic mass is 35.5. The molecule has 6 heteroatoms. The van der Waals surface area contributed by atoms with Gasteiger partial charge in [-0.1, -0.05) is 29.3 Å². The third-order valence-electron chi connectivity index (χ3n) is 2.55. The number of nitrogen functional groups attached to an aromatic ring is 1. The quantitative estimate of drug-likeness (QED) is 0.759. The van der Waals surface area contributed by atoms with E-state index in [1.54, 1.807) is 36.4 Å². The molecule has 0 bridgehead atoms. The second-order valence-electron chi connectivity index (χ2n) is 3.89. The summed E-state index contributed by atoms with van der Waals surface area (Å²) in [6, 6.07) is 10.0. The van der Waals surface area contributed by atoms with E-state index in [1.165, 1.54) is 0 Å². The first-order chi connectivity index (χ1) is 8.99. The van der Waals surface area contributed by atoms with Crippen LogP contribution in [-0.2, 0) is 0 Å². The Morgan fingerprint density at radius 2 is 1.74 bits per heavy atom. The average Bonchev–Trinajstić information content (AvgIpc) is 2.35. The standard InChI is InChI=1S/C13H11Cl2N3O/c14-9-2-1-3-10(15)12(9)18-7-4-5-11(16)8(6-7)13(17)19/h1-6,18H,16H2,(H2,17,19). The first-order valence-corrected chi connectivity index (χ1v) is 6.15. The summed E-state index contributed by atoms with van der Waals surface area (Å²) in [6.07, 6.45) is 0. The Hall–Kier alpha value is -1.91. The van der Waals surface area contributed by atoms with Gasteiger partial charge in [0.1, 0.15) is 0 Å². The van der Waals surface area contributed by atoms with Gasteiger partial charge in [-0.2, -0.15) is 0 Å². The lowest BCUT2D eigenvalue weighted by atomic mass is 10.1. The maximum atomic E-state index is 11.2. The van der Waals surface area contributed by atoms with E-state index in [4.69, 9.17) is 34.7 Å². The van der Waals surface area contributed by atoms with Crippen molar-refractivity contribution in [1.29, 1.82) is 0 Å². The summed E-state index contributed by atoms with van der Waals surface area (Å²) in [5.41, 5.74) is 12.7. The molecule has 0 radical (unpaired) electrons. The number of hydrogen-bond donors (Lipinski definition) is 3. The second kappa shape index (κ2) is 5.38. The number of benzene rings is 2. The topological polar surface area (TPSA) is 81.1 Å². The summed E-state index contributed by atoms with van der Waals surface area (Å²) in [7, 11) is 0. The normalized spacial score (nSPS) is 10.2. The van der Waals surface area contributed by atoms with Crippen LogP contribution < -0.4 is 16.8 Å². The van der Waals surface area contributed by atoms with Crippen molar-refractivity contribution in [2.24, 2.45) is 5.73 Å². The number of para-hydroxylation sites is 1. The van der Waals surface area contributed by atoms with Crippen molar-refractivity contribution in [2.75, 3.05) is 11.1 Å². The molecule has 0 saturated heterocycles. The fourth-order valence-electron chi connectivity index (χ4n) is 1.61. The molecule has 0 spiro atoms. The molecule has 0 aromatic heterocycles. The van der Waals surface area contributed by atoms with Gasteiger partial charge in [0.15, 0.2) is 0 Å². The van der Waals surface area contributed by atoms with Crippen LogP contribution in [0.1, 0.15) is 10.4 Å². The molecule has 1 amide bonds. The minimum Gasteiger partial charge on any atom is -0.398 e. The number of amides is 1. The van der Waals surface area contributed by atoms with Gasteiger partial charge in [0.25, 0.3) is 5.91 Å². The number of anilines is 3. The fourth-order valence-corrected chi connectivity index (χ4v) is 2.10. The second-order valence-corrected chi connectivity index (χ2v) is 4.70. The lowest BCUT2D eigenvalue weighted by Crippen LogP contribution is -2.13. The molecule has 0 heterocycles. The first-order valence-electron chi connectivity index (χ1n) is 5.39. The minimum atomic E-state index is -0.591. The largest absolute Gasteiger partial charge is 0.398 e. The van der Waals surface area contributed by atoms with Gasteiger partial charge >= 0.3 is 0 Å². The molecule has 0 aliphatic heterocycles. The number of nitrogens with two attached hydrogens (primary N) is 2. The molecular weight excluding hydrogens is 285 g/mol. The van der Waals surface area contributed by atoms with Crippen molar-refractivity contribution in [2.45, 2.75) is 0 Å². The van der Waals surface area contributed by atoms with E-state index in [2.05, 4.69) is 5.32 Å². The van der Waals surface area contributed by atoms with Gasteiger partial charge < -0.3 is 16.8 Å². The summed E-state index contributed by atoms with van der Waals surface area (Å²) in [5.74, 6) is -0.591. The zero-order valence-electron chi connectivity index (χ0n) is 9.78. The number of carbonyl (C=O) groups excluding carboxylic acids is 1. The number of nitrogens with one attached hydrogen (secondary N) is 1. The highest BCUT2D eigenvalue weighted by Crippen LogP contribution is 2.33. The van der Waals surface area contributed by atoms with Crippen LogP contribution in [-0.4, -0.2) is 5.91 Å². The van der Waals surface area contributed by atoms with Crippen molar-refractivity contribution in [3.8, 4) is 0 Å². The predicted octanol–water partition coefficient (Wildman–Crippen LogP) is 3.42. The fraction of sp³-hybridized carbons (Fsp3) is 0. The van der Waals surface area contributed by atoms with Crippen LogP contribution in [0.25, 0.3) is 0 Å². The Morgan fingerprint density at radius 1 is 1.11 bits per heavy atom. The van der Waals surface area contributed by atoms with E-state index in [0.29, 0.717) is 27.1 Å². The SMILES string of the molecule is NC(=O)c1cc(Nc2c(Cl)cccc2Cl)ccc1N. The van der Waals surface area contributed by atoms with E-state index in [0.717, 1.165) is 0 Å². The zero-order valence-corrected chi connectivity index (χ0v) is 11.3. The molecule has 0 aliphatic carbocycles. The van der Waals surface area contributed by atoms with Crippen molar-refractivity contribution in [3.63, 3.8) is 0 Å². The number of carbonyl (C=O) groups is 1. The monoisotopic (exact) mass is 295 g/mol. The van der Waals surface area contributed by atoms with Crippen LogP contribution in [0.5, 0.6) is 0 Å². The van der Waals surface area contributed by atoms with Crippen molar-refractivity contribution < 1.29 is 4.79 Å².